The first-order chi connectivity index (χ1) is 10.2. The maximum absolute atomic E-state index is 12.6. The third-order valence-electron chi connectivity index (χ3n) is 4.14. The normalized spacial score (nSPS) is 18.3. The highest BCUT2D eigenvalue weighted by Crippen LogP contribution is 2.18. The zero-order valence-electron chi connectivity index (χ0n) is 13.3. The smallest absolute Gasteiger partial charge is 0.272 e. The van der Waals surface area contributed by atoms with Crippen molar-refractivity contribution in [1.29, 1.82) is 0 Å². The number of carbonyl (C=O) groups is 1. The van der Waals surface area contributed by atoms with Gasteiger partial charge in [0.25, 0.3) is 5.91 Å². The molecule has 1 amide bonds. The molecule has 2 rings (SSSR count). The second-order valence-corrected chi connectivity index (χ2v) is 5.37. The maximum atomic E-state index is 12.6. The first-order valence-corrected chi connectivity index (χ1v) is 7.92. The van der Waals surface area contributed by atoms with Gasteiger partial charge in [0.05, 0.1) is 0 Å². The van der Waals surface area contributed by atoms with Crippen LogP contribution in [0.2, 0.25) is 0 Å². The monoisotopic (exact) mass is 290 g/mol. The molecule has 5 nitrogen and oxygen atoms in total. The van der Waals surface area contributed by atoms with E-state index in [9.17, 15) is 4.79 Å². The Labute approximate surface area is 127 Å². The van der Waals surface area contributed by atoms with Gasteiger partial charge in [0.1, 0.15) is 5.69 Å². The number of amides is 1. The van der Waals surface area contributed by atoms with E-state index in [4.69, 9.17) is 0 Å². The Hall–Kier alpha value is -1.62. The number of hydrogen-bond acceptors (Lipinski definition) is 4. The Morgan fingerprint density at radius 1 is 1.43 bits per heavy atom. The van der Waals surface area contributed by atoms with Gasteiger partial charge < -0.3 is 10.2 Å². The summed E-state index contributed by atoms with van der Waals surface area (Å²) in [4.78, 5) is 21.2. The average molecular weight is 290 g/mol. The minimum absolute atomic E-state index is 0.0457. The topological polar surface area (TPSA) is 48.5 Å². The molecule has 0 aliphatic carbocycles. The van der Waals surface area contributed by atoms with E-state index in [-0.39, 0.29) is 5.91 Å². The first-order valence-electron chi connectivity index (χ1n) is 7.92. The summed E-state index contributed by atoms with van der Waals surface area (Å²) in [7, 11) is 0. The molecule has 0 spiro atoms. The van der Waals surface area contributed by atoms with E-state index in [1.807, 2.05) is 24.0 Å². The molecule has 5 heteroatoms. The molecule has 116 valence electrons. The summed E-state index contributed by atoms with van der Waals surface area (Å²) in [6, 6.07) is 4.22. The number of likely N-dealkylation sites (tertiary alicyclic amines) is 1. The highest BCUT2D eigenvalue weighted by atomic mass is 16.2. The predicted octanol–water partition coefficient (Wildman–Crippen LogP) is 2.07. The lowest BCUT2D eigenvalue weighted by atomic mass is 10.2. The molecular formula is C16H26N4O. The average Bonchev–Trinajstić information content (AvgIpc) is 2.98. The largest absolute Gasteiger partial charge is 0.385 e. The van der Waals surface area contributed by atoms with Crippen molar-refractivity contribution in [1.82, 2.24) is 14.8 Å². The zero-order valence-corrected chi connectivity index (χ0v) is 13.3. The fourth-order valence-electron chi connectivity index (χ4n) is 2.99. The molecule has 1 N–H and O–H groups in total. The fraction of sp³-hybridized carbons (Fsp3) is 0.625. The number of likely N-dealkylation sites (N-methyl/N-ethyl adjacent to an activating group) is 1. The molecular weight excluding hydrogens is 264 g/mol. The molecule has 1 saturated heterocycles. The molecule has 1 aliphatic heterocycles. The predicted molar refractivity (Wildman–Crippen MR) is 85.6 cm³/mol. The third kappa shape index (κ3) is 3.73. The minimum Gasteiger partial charge on any atom is -0.385 e. The van der Waals surface area contributed by atoms with Gasteiger partial charge in [0.15, 0.2) is 0 Å². The Kier molecular flexibility index (Phi) is 5.56. The molecule has 1 aliphatic rings. The summed E-state index contributed by atoms with van der Waals surface area (Å²) in [6.07, 6.45) is 2.75. The van der Waals surface area contributed by atoms with Crippen LogP contribution < -0.4 is 5.32 Å². The molecule has 1 aromatic heterocycles. The lowest BCUT2D eigenvalue weighted by Gasteiger charge is -2.26. The van der Waals surface area contributed by atoms with Crippen molar-refractivity contribution in [2.45, 2.75) is 33.2 Å². The second-order valence-electron chi connectivity index (χ2n) is 5.37. The van der Waals surface area contributed by atoms with E-state index in [0.29, 0.717) is 11.7 Å². The number of rotatable bonds is 6. The molecule has 0 radical (unpaired) electrons. The molecule has 0 bridgehead atoms. The third-order valence-corrected chi connectivity index (χ3v) is 4.14. The Bertz CT molecular complexity index is 473. The first kappa shape index (κ1) is 15.8. The zero-order chi connectivity index (χ0) is 15.2. The number of nitrogens with one attached hydrogen (secondary N) is 1. The van der Waals surface area contributed by atoms with Gasteiger partial charge in [-0.25, -0.2) is 0 Å². The van der Waals surface area contributed by atoms with Crippen molar-refractivity contribution in [3.8, 4) is 0 Å². The van der Waals surface area contributed by atoms with Gasteiger partial charge in [-0.15, -0.1) is 0 Å². The van der Waals surface area contributed by atoms with E-state index in [0.717, 1.165) is 44.8 Å². The quantitative estimate of drug-likeness (QED) is 0.871. The second kappa shape index (κ2) is 7.41. The summed E-state index contributed by atoms with van der Waals surface area (Å²) in [5.41, 5.74) is 1.49. The van der Waals surface area contributed by atoms with Crippen LogP contribution in [0.4, 0.5) is 5.69 Å². The highest BCUT2D eigenvalue weighted by molar-refractivity contribution is 5.93. The Morgan fingerprint density at radius 2 is 2.19 bits per heavy atom. The van der Waals surface area contributed by atoms with Crippen LogP contribution >= 0.6 is 0 Å². The van der Waals surface area contributed by atoms with Gasteiger partial charge >= 0.3 is 0 Å². The van der Waals surface area contributed by atoms with Crippen LogP contribution in [0.25, 0.3) is 0 Å². The number of aromatic nitrogens is 1. The van der Waals surface area contributed by atoms with E-state index in [1.54, 1.807) is 6.20 Å². The van der Waals surface area contributed by atoms with Crippen LogP contribution in [0.1, 0.15) is 37.7 Å². The molecule has 0 saturated carbocycles. The SMILES string of the molecule is CCNc1ccnc(C(=O)N2CCC(N(CC)CC)C2)c1. The molecule has 1 fully saturated rings. The number of carbonyl (C=O) groups excluding carboxylic acids is 1. The molecule has 2 heterocycles. The van der Waals surface area contributed by atoms with Crippen molar-refractivity contribution in [3.05, 3.63) is 24.0 Å². The minimum atomic E-state index is 0.0457. The van der Waals surface area contributed by atoms with Crippen LogP contribution in [0.3, 0.4) is 0 Å². The molecule has 1 atom stereocenters. The van der Waals surface area contributed by atoms with E-state index >= 15 is 0 Å². The Morgan fingerprint density at radius 3 is 2.86 bits per heavy atom. The number of hydrogen-bond donors (Lipinski definition) is 1. The van der Waals surface area contributed by atoms with Crippen molar-refractivity contribution in [2.24, 2.45) is 0 Å². The number of anilines is 1. The van der Waals surface area contributed by atoms with E-state index in [1.165, 1.54) is 0 Å². The summed E-state index contributed by atoms with van der Waals surface area (Å²) in [5.74, 6) is 0.0457. The van der Waals surface area contributed by atoms with Gasteiger partial charge in [0.2, 0.25) is 0 Å². The van der Waals surface area contributed by atoms with E-state index < -0.39 is 0 Å². The van der Waals surface area contributed by atoms with Crippen LogP contribution in [-0.4, -0.2) is 59.5 Å². The lowest BCUT2D eigenvalue weighted by Crippen LogP contribution is -2.38. The lowest BCUT2D eigenvalue weighted by molar-refractivity contribution is 0.0772. The maximum Gasteiger partial charge on any atom is 0.272 e. The Balaban J connectivity index is 2.02. The van der Waals surface area contributed by atoms with Crippen molar-refractivity contribution in [2.75, 3.05) is 38.0 Å². The van der Waals surface area contributed by atoms with Gasteiger partial charge in [-0.2, -0.15) is 0 Å². The molecule has 21 heavy (non-hydrogen) atoms. The number of nitrogens with zero attached hydrogens (tertiary/aromatic N) is 3. The van der Waals surface area contributed by atoms with Crippen molar-refractivity contribution < 1.29 is 4.79 Å². The van der Waals surface area contributed by atoms with Crippen molar-refractivity contribution >= 4 is 11.6 Å². The van der Waals surface area contributed by atoms with Crippen molar-refractivity contribution in [3.63, 3.8) is 0 Å². The van der Waals surface area contributed by atoms with Gasteiger partial charge in [0, 0.05) is 37.6 Å². The standard InChI is InChI=1S/C16H26N4O/c1-4-17-13-7-9-18-15(11-13)16(21)20-10-8-14(12-20)19(5-2)6-3/h7,9,11,14H,4-6,8,10,12H2,1-3H3,(H,17,18). The van der Waals surface area contributed by atoms with Gasteiger partial charge in [-0.05, 0) is 38.6 Å². The summed E-state index contributed by atoms with van der Waals surface area (Å²) < 4.78 is 0. The van der Waals surface area contributed by atoms with Crippen LogP contribution in [0.5, 0.6) is 0 Å². The molecule has 1 unspecified atom stereocenters. The van der Waals surface area contributed by atoms with Gasteiger partial charge in [-0.3, -0.25) is 14.7 Å². The van der Waals surface area contributed by atoms with Gasteiger partial charge in [-0.1, -0.05) is 13.8 Å². The highest BCUT2D eigenvalue weighted by Gasteiger charge is 2.30. The van der Waals surface area contributed by atoms with E-state index in [2.05, 4.69) is 29.0 Å². The van der Waals surface area contributed by atoms with Crippen LogP contribution in [0, 0.1) is 0 Å². The fourth-order valence-corrected chi connectivity index (χ4v) is 2.99. The van der Waals surface area contributed by atoms with Crippen LogP contribution in [0.15, 0.2) is 18.3 Å². The molecule has 0 aromatic carbocycles. The summed E-state index contributed by atoms with van der Waals surface area (Å²) in [5, 5.41) is 3.22. The molecule has 1 aromatic rings. The van der Waals surface area contributed by atoms with Crippen LogP contribution in [-0.2, 0) is 0 Å². The summed E-state index contributed by atoms with van der Waals surface area (Å²) in [6.45, 7) is 10.9. The summed E-state index contributed by atoms with van der Waals surface area (Å²) >= 11 is 0. The number of pyridine rings is 1.